The summed E-state index contributed by atoms with van der Waals surface area (Å²) >= 11 is 5.93. The molecule has 1 N–H and O–H groups in total. The summed E-state index contributed by atoms with van der Waals surface area (Å²) in [6.45, 7) is 2.09. The number of halogens is 1. The first-order valence-electron chi connectivity index (χ1n) is 11.0. The number of Topliss-reactive ketones (excluding diaryl/α,β-unsaturated/α-hetero) is 1. The minimum absolute atomic E-state index is 0.00730. The molecular weight excluding hydrogens is 440 g/mol. The van der Waals surface area contributed by atoms with E-state index in [0.717, 1.165) is 43.0 Å². The van der Waals surface area contributed by atoms with E-state index < -0.39 is 0 Å². The number of rotatable bonds is 8. The summed E-state index contributed by atoms with van der Waals surface area (Å²) < 4.78 is 11.0. The fourth-order valence-corrected chi connectivity index (χ4v) is 4.16. The second-order valence-electron chi connectivity index (χ2n) is 8.19. The fraction of sp³-hybridized carbons (Fsp3) is 0.308. The van der Waals surface area contributed by atoms with Crippen molar-refractivity contribution in [3.8, 4) is 17.1 Å². The van der Waals surface area contributed by atoms with Crippen LogP contribution in [0.25, 0.3) is 11.3 Å². The van der Waals surface area contributed by atoms with E-state index in [1.165, 1.54) is 0 Å². The Hall–Kier alpha value is -3.09. The topological polar surface area (TPSA) is 71.8 Å². The van der Waals surface area contributed by atoms with Crippen molar-refractivity contribution in [3.63, 3.8) is 0 Å². The molecule has 0 aliphatic carbocycles. The monoisotopic (exact) mass is 466 g/mol. The molecule has 0 spiro atoms. The van der Waals surface area contributed by atoms with Gasteiger partial charge in [-0.05, 0) is 86.6 Å². The van der Waals surface area contributed by atoms with E-state index >= 15 is 0 Å². The van der Waals surface area contributed by atoms with Gasteiger partial charge in [0.05, 0.1) is 20.2 Å². The van der Waals surface area contributed by atoms with Crippen molar-refractivity contribution in [2.24, 2.45) is 5.92 Å². The van der Waals surface area contributed by atoms with E-state index in [4.69, 9.17) is 20.8 Å². The smallest absolute Gasteiger partial charge is 0.234 e. The molecule has 1 fully saturated rings. The highest BCUT2D eigenvalue weighted by molar-refractivity contribution is 6.30. The summed E-state index contributed by atoms with van der Waals surface area (Å²) in [5.74, 6) is 2.27. The number of ether oxygens (including phenoxy) is 1. The fourth-order valence-electron chi connectivity index (χ4n) is 4.03. The molecule has 0 saturated carbocycles. The van der Waals surface area contributed by atoms with E-state index in [-0.39, 0.29) is 17.6 Å². The number of hydrogen-bond donors (Lipinski definition) is 1. The zero-order valence-corrected chi connectivity index (χ0v) is 19.3. The number of nitrogens with one attached hydrogen (secondary N) is 1. The summed E-state index contributed by atoms with van der Waals surface area (Å²) in [6, 6.07) is 18.4. The molecule has 2 aromatic carbocycles. The number of benzene rings is 2. The molecule has 1 amide bonds. The molecule has 0 bridgehead atoms. The maximum absolute atomic E-state index is 12.8. The molecule has 0 unspecified atom stereocenters. The van der Waals surface area contributed by atoms with Crippen molar-refractivity contribution in [1.82, 2.24) is 10.2 Å². The molecule has 0 radical (unpaired) electrons. The summed E-state index contributed by atoms with van der Waals surface area (Å²) in [5, 5.41) is 3.59. The molecule has 2 heterocycles. The lowest BCUT2D eigenvalue weighted by Crippen LogP contribution is -2.42. The zero-order chi connectivity index (χ0) is 23.2. The first-order valence-corrected chi connectivity index (χ1v) is 11.4. The van der Waals surface area contributed by atoms with Gasteiger partial charge in [0.2, 0.25) is 5.91 Å². The third kappa shape index (κ3) is 6.03. The Kier molecular flexibility index (Phi) is 7.47. The number of amides is 1. The van der Waals surface area contributed by atoms with Crippen molar-refractivity contribution in [3.05, 3.63) is 77.0 Å². The van der Waals surface area contributed by atoms with Crippen LogP contribution >= 0.6 is 11.6 Å². The highest BCUT2D eigenvalue weighted by Gasteiger charge is 2.26. The SMILES string of the molecule is COc1ccc(C(=O)C2CCN(CC(=O)NCc3ccc(-c4ccc(Cl)cc4)o3)CC2)cc1. The number of hydrogen-bond acceptors (Lipinski definition) is 5. The summed E-state index contributed by atoms with van der Waals surface area (Å²) in [5.41, 5.74) is 1.65. The van der Waals surface area contributed by atoms with Crippen molar-refractivity contribution >= 4 is 23.3 Å². The molecule has 0 atom stereocenters. The highest BCUT2D eigenvalue weighted by atomic mass is 35.5. The van der Waals surface area contributed by atoms with Gasteiger partial charge in [-0.3, -0.25) is 14.5 Å². The van der Waals surface area contributed by atoms with Crippen molar-refractivity contribution in [1.29, 1.82) is 0 Å². The van der Waals surface area contributed by atoms with Gasteiger partial charge in [0, 0.05) is 22.1 Å². The minimum atomic E-state index is -0.0561. The number of methoxy groups -OCH3 is 1. The Labute approximate surface area is 198 Å². The number of nitrogens with zero attached hydrogens (tertiary/aromatic N) is 1. The van der Waals surface area contributed by atoms with Crippen LogP contribution in [-0.4, -0.2) is 43.3 Å². The third-order valence-electron chi connectivity index (χ3n) is 5.95. The van der Waals surface area contributed by atoms with Crippen molar-refractivity contribution < 1.29 is 18.7 Å². The van der Waals surface area contributed by atoms with Crippen LogP contribution < -0.4 is 10.1 Å². The largest absolute Gasteiger partial charge is 0.497 e. The van der Waals surface area contributed by atoms with Gasteiger partial charge >= 0.3 is 0 Å². The first kappa shape index (κ1) is 23.1. The van der Waals surface area contributed by atoms with E-state index in [2.05, 4.69) is 10.2 Å². The second-order valence-corrected chi connectivity index (χ2v) is 8.63. The van der Waals surface area contributed by atoms with Gasteiger partial charge in [0.15, 0.2) is 5.78 Å². The van der Waals surface area contributed by atoms with E-state index in [9.17, 15) is 9.59 Å². The average Bonchev–Trinajstić information content (AvgIpc) is 3.32. The summed E-state index contributed by atoms with van der Waals surface area (Å²) in [4.78, 5) is 27.3. The van der Waals surface area contributed by atoms with Gasteiger partial charge in [-0.1, -0.05) is 11.6 Å². The lowest BCUT2D eigenvalue weighted by atomic mass is 9.89. The minimum Gasteiger partial charge on any atom is -0.497 e. The van der Waals surface area contributed by atoms with Gasteiger partial charge in [0.25, 0.3) is 0 Å². The molecule has 6 nitrogen and oxygen atoms in total. The van der Waals surface area contributed by atoms with Crippen molar-refractivity contribution in [2.75, 3.05) is 26.7 Å². The van der Waals surface area contributed by atoms with Crippen LogP contribution in [0.5, 0.6) is 5.75 Å². The van der Waals surface area contributed by atoms with Crippen LogP contribution in [0.1, 0.15) is 29.0 Å². The van der Waals surface area contributed by atoms with Gasteiger partial charge in [0.1, 0.15) is 17.3 Å². The number of furan rings is 1. The molecule has 7 heteroatoms. The zero-order valence-electron chi connectivity index (χ0n) is 18.6. The Morgan fingerprint density at radius 2 is 1.73 bits per heavy atom. The maximum Gasteiger partial charge on any atom is 0.234 e. The standard InChI is InChI=1S/C26H27ClN2O4/c1-32-22-8-4-19(5-9-22)26(31)20-12-14-29(15-13-20)17-25(30)28-16-23-10-11-24(33-23)18-2-6-21(27)7-3-18/h2-11,20H,12-17H2,1H3,(H,28,30). The Morgan fingerprint density at radius 3 is 2.39 bits per heavy atom. The molecule has 1 aliphatic rings. The quantitative estimate of drug-likeness (QED) is 0.482. The first-order chi connectivity index (χ1) is 16.0. The molecule has 1 aromatic heterocycles. The van der Waals surface area contributed by atoms with Gasteiger partial charge in [-0.2, -0.15) is 0 Å². The predicted octanol–water partition coefficient (Wildman–Crippen LogP) is 4.82. The Bertz CT molecular complexity index is 1080. The molecule has 172 valence electrons. The number of piperidine rings is 1. The van der Waals surface area contributed by atoms with Crippen LogP contribution in [0, 0.1) is 5.92 Å². The van der Waals surface area contributed by atoms with Crippen LogP contribution in [0.3, 0.4) is 0 Å². The average molecular weight is 467 g/mol. The highest BCUT2D eigenvalue weighted by Crippen LogP contribution is 2.24. The maximum atomic E-state index is 12.8. The molecular formula is C26H27ClN2O4. The number of carbonyl (C=O) groups excluding carboxylic acids is 2. The molecule has 4 rings (SSSR count). The lowest BCUT2D eigenvalue weighted by Gasteiger charge is -2.30. The van der Waals surface area contributed by atoms with E-state index in [0.29, 0.717) is 29.4 Å². The predicted molar refractivity (Wildman–Crippen MR) is 127 cm³/mol. The molecule has 1 saturated heterocycles. The molecule has 1 aliphatic heterocycles. The second kappa shape index (κ2) is 10.7. The number of likely N-dealkylation sites (tertiary alicyclic amines) is 1. The normalized spacial score (nSPS) is 14.7. The van der Waals surface area contributed by atoms with Gasteiger partial charge < -0.3 is 14.5 Å². The third-order valence-corrected chi connectivity index (χ3v) is 6.20. The Morgan fingerprint density at radius 1 is 1.03 bits per heavy atom. The summed E-state index contributed by atoms with van der Waals surface area (Å²) in [6.07, 6.45) is 1.50. The Balaban J connectivity index is 1.21. The molecule has 33 heavy (non-hydrogen) atoms. The van der Waals surface area contributed by atoms with Crippen LogP contribution in [0.15, 0.2) is 65.1 Å². The lowest BCUT2D eigenvalue weighted by molar-refractivity contribution is -0.122. The van der Waals surface area contributed by atoms with Gasteiger partial charge in [-0.25, -0.2) is 0 Å². The van der Waals surface area contributed by atoms with Crippen molar-refractivity contribution in [2.45, 2.75) is 19.4 Å². The van der Waals surface area contributed by atoms with E-state index in [1.54, 1.807) is 7.11 Å². The van der Waals surface area contributed by atoms with E-state index in [1.807, 2.05) is 60.7 Å². The molecule has 3 aromatic rings. The van der Waals surface area contributed by atoms with Crippen LogP contribution in [0.4, 0.5) is 0 Å². The number of carbonyl (C=O) groups is 2. The summed E-state index contributed by atoms with van der Waals surface area (Å²) in [7, 11) is 1.61. The van der Waals surface area contributed by atoms with Gasteiger partial charge in [-0.15, -0.1) is 0 Å². The van der Waals surface area contributed by atoms with Crippen LogP contribution in [-0.2, 0) is 11.3 Å². The van der Waals surface area contributed by atoms with Crippen LogP contribution in [0.2, 0.25) is 5.02 Å². The number of ketones is 1.